The molecule has 4 rings (SSSR count). The first kappa shape index (κ1) is 15.2. The maximum atomic E-state index is 5.81. The molecule has 0 saturated carbocycles. The second kappa shape index (κ2) is 6.27. The van der Waals surface area contributed by atoms with E-state index in [0.717, 1.165) is 29.1 Å². The lowest BCUT2D eigenvalue weighted by molar-refractivity contribution is 0.581. The molecule has 0 aliphatic carbocycles. The lowest BCUT2D eigenvalue weighted by Gasteiger charge is -2.02. The maximum absolute atomic E-state index is 5.81. The van der Waals surface area contributed by atoms with E-state index in [1.165, 1.54) is 0 Å². The van der Waals surface area contributed by atoms with E-state index in [4.69, 9.17) is 4.42 Å². The number of hydrogen-bond acceptors (Lipinski definition) is 6. The summed E-state index contributed by atoms with van der Waals surface area (Å²) in [5, 5.41) is 12.5. The predicted octanol–water partition coefficient (Wildman–Crippen LogP) is 3.63. The molecule has 1 aromatic carbocycles. The molecule has 0 radical (unpaired) electrons. The number of hydrogen-bond donors (Lipinski definition) is 0. The number of rotatable bonds is 4. The van der Waals surface area contributed by atoms with Gasteiger partial charge in [0.1, 0.15) is 5.69 Å². The van der Waals surface area contributed by atoms with E-state index in [9.17, 15) is 0 Å². The van der Waals surface area contributed by atoms with E-state index in [1.54, 1.807) is 12.4 Å². The fourth-order valence-corrected chi connectivity index (χ4v) is 2.48. The quantitative estimate of drug-likeness (QED) is 0.567. The number of aryl methyl sites for hydroxylation is 2. The van der Waals surface area contributed by atoms with E-state index in [1.807, 2.05) is 55.1 Å². The molecule has 0 fully saturated rings. The Labute approximate surface area is 145 Å². The van der Waals surface area contributed by atoms with Crippen LogP contribution in [0.3, 0.4) is 0 Å². The summed E-state index contributed by atoms with van der Waals surface area (Å²) in [6, 6.07) is 9.64. The SMILES string of the molecule is CCn1cc(-c2cnc(C)c(-c3nnc(-c4ccccc4)o3)n2)cn1.[HH]. The van der Waals surface area contributed by atoms with Crippen molar-refractivity contribution in [3.05, 3.63) is 54.6 Å². The molecular weight excluding hydrogens is 316 g/mol. The van der Waals surface area contributed by atoms with Gasteiger partial charge in [0.25, 0.3) is 5.89 Å². The van der Waals surface area contributed by atoms with Gasteiger partial charge in [-0.3, -0.25) is 9.67 Å². The standard InChI is InChI=1S/C18H16N6O.H2/c1-3-24-11-14(9-20-24)15-10-19-12(2)16(21-15)18-23-22-17(25-18)13-7-5-4-6-8-13;/h4-11H,3H2,1-2H3;1H. The summed E-state index contributed by atoms with van der Waals surface area (Å²) in [6.07, 6.45) is 5.44. The van der Waals surface area contributed by atoms with Gasteiger partial charge in [-0.25, -0.2) is 4.98 Å². The fourth-order valence-electron chi connectivity index (χ4n) is 2.48. The van der Waals surface area contributed by atoms with Gasteiger partial charge in [0.05, 0.1) is 23.8 Å². The molecule has 0 bridgehead atoms. The van der Waals surface area contributed by atoms with Crippen LogP contribution in [0.5, 0.6) is 0 Å². The molecule has 0 saturated heterocycles. The summed E-state index contributed by atoms with van der Waals surface area (Å²) in [6.45, 7) is 4.71. The summed E-state index contributed by atoms with van der Waals surface area (Å²) in [7, 11) is 0. The van der Waals surface area contributed by atoms with Gasteiger partial charge in [-0.15, -0.1) is 10.2 Å². The summed E-state index contributed by atoms with van der Waals surface area (Å²) in [5.74, 6) is 0.814. The van der Waals surface area contributed by atoms with Gasteiger partial charge in [-0.1, -0.05) is 18.2 Å². The van der Waals surface area contributed by atoms with Crippen molar-refractivity contribution in [2.75, 3.05) is 0 Å². The van der Waals surface area contributed by atoms with Crippen molar-refractivity contribution in [1.82, 2.24) is 29.9 Å². The fraction of sp³-hybridized carbons (Fsp3) is 0.167. The molecule has 0 aliphatic rings. The second-order valence-corrected chi connectivity index (χ2v) is 5.55. The molecule has 3 aromatic heterocycles. The third kappa shape index (κ3) is 2.91. The van der Waals surface area contributed by atoms with E-state index < -0.39 is 0 Å². The Balaban J connectivity index is 0.00000196. The molecule has 0 N–H and O–H groups in total. The van der Waals surface area contributed by atoms with Crippen LogP contribution in [0.2, 0.25) is 0 Å². The van der Waals surface area contributed by atoms with Gasteiger partial charge >= 0.3 is 0 Å². The van der Waals surface area contributed by atoms with Crippen LogP contribution in [0, 0.1) is 6.92 Å². The molecule has 126 valence electrons. The van der Waals surface area contributed by atoms with Crippen LogP contribution in [-0.4, -0.2) is 29.9 Å². The van der Waals surface area contributed by atoms with Gasteiger partial charge < -0.3 is 4.42 Å². The molecule has 0 spiro atoms. The summed E-state index contributed by atoms with van der Waals surface area (Å²) in [4.78, 5) is 9.08. The Morgan fingerprint density at radius 2 is 1.84 bits per heavy atom. The van der Waals surface area contributed by atoms with E-state index >= 15 is 0 Å². The van der Waals surface area contributed by atoms with Crippen molar-refractivity contribution in [2.24, 2.45) is 0 Å². The first-order valence-electron chi connectivity index (χ1n) is 8.00. The minimum absolute atomic E-state index is 0. The molecule has 0 unspecified atom stereocenters. The van der Waals surface area contributed by atoms with Crippen molar-refractivity contribution in [3.8, 4) is 34.3 Å². The predicted molar refractivity (Wildman–Crippen MR) is 94.5 cm³/mol. The molecule has 7 heteroatoms. The molecule has 4 aromatic rings. The first-order chi connectivity index (χ1) is 12.2. The first-order valence-corrected chi connectivity index (χ1v) is 8.00. The Morgan fingerprint density at radius 1 is 1.04 bits per heavy atom. The maximum Gasteiger partial charge on any atom is 0.268 e. The highest BCUT2D eigenvalue weighted by Crippen LogP contribution is 2.26. The van der Waals surface area contributed by atoms with E-state index in [2.05, 4.69) is 25.3 Å². The Kier molecular flexibility index (Phi) is 3.81. The summed E-state index contributed by atoms with van der Waals surface area (Å²) in [5.41, 5.74) is 3.80. The highest BCUT2D eigenvalue weighted by Gasteiger charge is 2.16. The summed E-state index contributed by atoms with van der Waals surface area (Å²) < 4.78 is 7.65. The van der Waals surface area contributed by atoms with Crippen molar-refractivity contribution >= 4 is 0 Å². The van der Waals surface area contributed by atoms with Crippen LogP contribution in [-0.2, 0) is 6.54 Å². The second-order valence-electron chi connectivity index (χ2n) is 5.55. The zero-order valence-electron chi connectivity index (χ0n) is 13.9. The van der Waals surface area contributed by atoms with Crippen LogP contribution in [0.15, 0.2) is 53.3 Å². The normalized spacial score (nSPS) is 11.0. The molecule has 25 heavy (non-hydrogen) atoms. The van der Waals surface area contributed by atoms with Crippen LogP contribution in [0.4, 0.5) is 0 Å². The lowest BCUT2D eigenvalue weighted by atomic mass is 10.2. The number of nitrogens with zero attached hydrogens (tertiary/aromatic N) is 6. The van der Waals surface area contributed by atoms with Gasteiger partial charge in [-0.05, 0) is 26.0 Å². The zero-order chi connectivity index (χ0) is 17.2. The van der Waals surface area contributed by atoms with Crippen molar-refractivity contribution in [1.29, 1.82) is 0 Å². The number of aromatic nitrogens is 6. The third-order valence-electron chi connectivity index (χ3n) is 3.86. The minimum atomic E-state index is 0. The van der Waals surface area contributed by atoms with E-state index in [-0.39, 0.29) is 1.43 Å². The van der Waals surface area contributed by atoms with Crippen LogP contribution in [0.1, 0.15) is 14.0 Å². The third-order valence-corrected chi connectivity index (χ3v) is 3.86. The Bertz CT molecular complexity index is 1010. The zero-order valence-corrected chi connectivity index (χ0v) is 13.9. The smallest absolute Gasteiger partial charge is 0.268 e. The lowest BCUT2D eigenvalue weighted by Crippen LogP contribution is -1.95. The van der Waals surface area contributed by atoms with Crippen LogP contribution < -0.4 is 0 Å². The van der Waals surface area contributed by atoms with Crippen molar-refractivity contribution in [3.63, 3.8) is 0 Å². The molecule has 0 amide bonds. The average molecular weight is 334 g/mol. The molecule has 7 nitrogen and oxygen atoms in total. The van der Waals surface area contributed by atoms with Gasteiger partial charge in [-0.2, -0.15) is 5.10 Å². The molecule has 0 atom stereocenters. The Morgan fingerprint density at radius 3 is 2.60 bits per heavy atom. The minimum Gasteiger partial charge on any atom is -0.415 e. The summed E-state index contributed by atoms with van der Waals surface area (Å²) >= 11 is 0. The molecule has 0 aliphatic heterocycles. The average Bonchev–Trinajstić information content (AvgIpc) is 3.32. The topological polar surface area (TPSA) is 82.5 Å². The van der Waals surface area contributed by atoms with Crippen LogP contribution >= 0.6 is 0 Å². The highest BCUT2D eigenvalue weighted by molar-refractivity contribution is 5.62. The van der Waals surface area contributed by atoms with Crippen molar-refractivity contribution < 1.29 is 5.84 Å². The largest absolute Gasteiger partial charge is 0.415 e. The molecule has 3 heterocycles. The van der Waals surface area contributed by atoms with Gasteiger partial charge in [0.15, 0.2) is 0 Å². The van der Waals surface area contributed by atoms with Gasteiger partial charge in [0, 0.05) is 25.3 Å². The monoisotopic (exact) mass is 334 g/mol. The van der Waals surface area contributed by atoms with Crippen LogP contribution in [0.25, 0.3) is 34.3 Å². The highest BCUT2D eigenvalue weighted by atomic mass is 16.4. The van der Waals surface area contributed by atoms with Gasteiger partial charge in [0.2, 0.25) is 5.89 Å². The van der Waals surface area contributed by atoms with E-state index in [0.29, 0.717) is 17.5 Å². The molecular formula is C18H18N6O. The Hall–Kier alpha value is -3.35. The number of benzene rings is 1. The van der Waals surface area contributed by atoms with Crippen molar-refractivity contribution in [2.45, 2.75) is 20.4 Å².